The third kappa shape index (κ3) is 3.47. The van der Waals surface area contributed by atoms with Gasteiger partial charge in [0.2, 0.25) is 5.95 Å². The van der Waals surface area contributed by atoms with Gasteiger partial charge in [0.25, 0.3) is 0 Å². The highest BCUT2D eigenvalue weighted by Gasteiger charge is 2.40. The molecule has 0 radical (unpaired) electrons. The summed E-state index contributed by atoms with van der Waals surface area (Å²) in [6, 6.07) is 15.6. The number of methoxy groups -OCH3 is 1. The summed E-state index contributed by atoms with van der Waals surface area (Å²) in [6.45, 7) is 1.32. The molecule has 2 aromatic carbocycles. The zero-order valence-corrected chi connectivity index (χ0v) is 18.3. The molecule has 3 aromatic rings. The fraction of sp³-hybridized carbons (Fsp3) is 0.320. The summed E-state index contributed by atoms with van der Waals surface area (Å²) in [5, 5.41) is 8.08. The predicted molar refractivity (Wildman–Crippen MR) is 120 cm³/mol. The molecule has 8 nitrogen and oxygen atoms in total. The van der Waals surface area contributed by atoms with Crippen molar-refractivity contribution in [3.63, 3.8) is 0 Å². The van der Waals surface area contributed by atoms with Gasteiger partial charge in [-0.2, -0.15) is 10.1 Å². The summed E-state index contributed by atoms with van der Waals surface area (Å²) in [5.74, 6) is 2.82. The Morgan fingerprint density at radius 3 is 2.70 bits per heavy atom. The molecular weight excluding hydrogens is 420 g/mol. The van der Waals surface area contributed by atoms with Crippen molar-refractivity contribution in [3.8, 4) is 11.5 Å². The Balaban J connectivity index is 1.46. The molecule has 0 amide bonds. The number of hydrogen-bond acceptors (Lipinski definition) is 7. The summed E-state index contributed by atoms with van der Waals surface area (Å²) in [6.07, 6.45) is 1.19. The Morgan fingerprint density at radius 2 is 1.88 bits per heavy atom. The maximum Gasteiger partial charge on any atom is 0.226 e. The predicted octanol–water partition coefficient (Wildman–Crippen LogP) is 3.61. The van der Waals surface area contributed by atoms with E-state index in [1.165, 1.54) is 5.56 Å². The number of benzene rings is 2. The summed E-state index contributed by atoms with van der Waals surface area (Å²) in [5.41, 5.74) is 3.72. The van der Waals surface area contributed by atoms with Gasteiger partial charge in [-0.25, -0.2) is 4.68 Å². The Hall–Kier alpha value is -3.65. The van der Waals surface area contributed by atoms with Gasteiger partial charge in [-0.15, -0.1) is 0 Å². The van der Waals surface area contributed by atoms with Crippen molar-refractivity contribution in [1.29, 1.82) is 0 Å². The molecule has 0 spiro atoms. The first-order chi connectivity index (χ1) is 16.2. The fourth-order valence-electron chi connectivity index (χ4n) is 4.95. The molecule has 0 saturated heterocycles. The van der Waals surface area contributed by atoms with Crippen molar-refractivity contribution >= 4 is 11.7 Å². The first-order valence-electron chi connectivity index (χ1n) is 11.1. The first-order valence-corrected chi connectivity index (χ1v) is 11.1. The summed E-state index contributed by atoms with van der Waals surface area (Å²) < 4.78 is 18.6. The van der Waals surface area contributed by atoms with Crippen molar-refractivity contribution in [1.82, 2.24) is 14.8 Å². The number of rotatable bonds is 4. The molecular formula is C25H24N4O4. The summed E-state index contributed by atoms with van der Waals surface area (Å²) >= 11 is 0. The van der Waals surface area contributed by atoms with Gasteiger partial charge in [0, 0.05) is 24.8 Å². The highest BCUT2D eigenvalue weighted by molar-refractivity contribution is 6.00. The summed E-state index contributed by atoms with van der Waals surface area (Å²) in [7, 11) is 1.61. The molecule has 3 aliphatic rings. The number of Topliss-reactive ketones (excluding diaryl/α,β-unsaturated/α-hetero) is 1. The number of ether oxygens (including phenoxy) is 3. The maximum absolute atomic E-state index is 13.6. The summed E-state index contributed by atoms with van der Waals surface area (Å²) in [4.78, 5) is 18.2. The van der Waals surface area contributed by atoms with E-state index in [0.717, 1.165) is 23.3 Å². The molecule has 6 rings (SSSR count). The Bertz CT molecular complexity index is 1250. The van der Waals surface area contributed by atoms with Crippen LogP contribution in [0.2, 0.25) is 0 Å². The van der Waals surface area contributed by atoms with E-state index in [4.69, 9.17) is 14.2 Å². The monoisotopic (exact) mass is 444 g/mol. The molecule has 1 N–H and O–H groups in total. The van der Waals surface area contributed by atoms with E-state index in [-0.39, 0.29) is 11.7 Å². The van der Waals surface area contributed by atoms with E-state index in [1.807, 2.05) is 36.4 Å². The lowest BCUT2D eigenvalue weighted by Crippen LogP contribution is -2.33. The number of allylic oxidation sites excluding steroid dienone is 2. The highest BCUT2D eigenvalue weighted by atomic mass is 16.6. The lowest BCUT2D eigenvalue weighted by atomic mass is 9.78. The minimum absolute atomic E-state index is 0.118. The maximum atomic E-state index is 13.6. The van der Waals surface area contributed by atoms with E-state index < -0.39 is 6.04 Å². The molecule has 3 heterocycles. The molecule has 2 aliphatic heterocycles. The Morgan fingerprint density at radius 1 is 1.06 bits per heavy atom. The van der Waals surface area contributed by atoms with Crippen LogP contribution in [0, 0.1) is 0 Å². The standard InChI is InChI=1S/C25H24N4O4/c1-31-14-22-27-25-26-18-11-17(15-5-3-2-4-6-15)12-19(30)23(18)24(29(25)28-22)16-7-8-20-21(13-16)33-10-9-32-20/h2-8,13,17,24H,9-12,14H2,1H3,(H,26,27,28). The zero-order valence-electron chi connectivity index (χ0n) is 18.3. The van der Waals surface area contributed by atoms with Crippen LogP contribution in [0.3, 0.4) is 0 Å². The molecule has 2 unspecified atom stereocenters. The van der Waals surface area contributed by atoms with Crippen molar-refractivity contribution in [2.75, 3.05) is 25.6 Å². The van der Waals surface area contributed by atoms with Crippen LogP contribution < -0.4 is 14.8 Å². The van der Waals surface area contributed by atoms with E-state index >= 15 is 0 Å². The topological polar surface area (TPSA) is 87.5 Å². The van der Waals surface area contributed by atoms with Gasteiger partial charge in [0.15, 0.2) is 23.1 Å². The number of aromatic nitrogens is 3. The van der Waals surface area contributed by atoms with Gasteiger partial charge < -0.3 is 19.5 Å². The molecule has 0 fully saturated rings. The van der Waals surface area contributed by atoms with Gasteiger partial charge in [-0.1, -0.05) is 36.4 Å². The zero-order chi connectivity index (χ0) is 22.4. The van der Waals surface area contributed by atoms with Crippen molar-refractivity contribution in [3.05, 3.63) is 76.8 Å². The van der Waals surface area contributed by atoms with Crippen molar-refractivity contribution in [2.45, 2.75) is 31.4 Å². The van der Waals surface area contributed by atoms with Crippen LogP contribution in [0.5, 0.6) is 11.5 Å². The van der Waals surface area contributed by atoms with Crippen LogP contribution in [-0.2, 0) is 16.1 Å². The van der Waals surface area contributed by atoms with Gasteiger partial charge in [-0.05, 0) is 35.6 Å². The van der Waals surface area contributed by atoms with Crippen molar-refractivity contribution < 1.29 is 19.0 Å². The molecule has 1 aromatic heterocycles. The Labute approximate surface area is 191 Å². The lowest BCUT2D eigenvalue weighted by Gasteiger charge is -2.35. The normalized spacial score (nSPS) is 21.3. The smallest absolute Gasteiger partial charge is 0.226 e. The van der Waals surface area contributed by atoms with Crippen LogP contribution >= 0.6 is 0 Å². The largest absolute Gasteiger partial charge is 0.486 e. The minimum Gasteiger partial charge on any atom is -0.486 e. The van der Waals surface area contributed by atoms with E-state index in [9.17, 15) is 4.79 Å². The molecule has 2 atom stereocenters. The third-order valence-electron chi connectivity index (χ3n) is 6.39. The van der Waals surface area contributed by atoms with Gasteiger partial charge in [0.1, 0.15) is 25.9 Å². The highest BCUT2D eigenvalue weighted by Crippen LogP contribution is 2.45. The van der Waals surface area contributed by atoms with Gasteiger partial charge in [-0.3, -0.25) is 4.79 Å². The molecule has 8 heteroatoms. The average Bonchev–Trinajstić information content (AvgIpc) is 3.25. The minimum atomic E-state index is -0.394. The van der Waals surface area contributed by atoms with Crippen LogP contribution in [0.25, 0.3) is 0 Å². The van der Waals surface area contributed by atoms with Crippen LogP contribution in [0.4, 0.5) is 5.95 Å². The molecule has 0 bridgehead atoms. The van der Waals surface area contributed by atoms with Crippen molar-refractivity contribution in [2.24, 2.45) is 0 Å². The van der Waals surface area contributed by atoms with Gasteiger partial charge >= 0.3 is 0 Å². The number of carbonyl (C=O) groups excluding carboxylic acids is 1. The van der Waals surface area contributed by atoms with E-state index in [0.29, 0.717) is 49.5 Å². The van der Waals surface area contributed by atoms with E-state index in [1.54, 1.807) is 11.8 Å². The molecule has 1 aliphatic carbocycles. The number of nitrogens with one attached hydrogen (secondary N) is 1. The number of ketones is 1. The van der Waals surface area contributed by atoms with Gasteiger partial charge in [0.05, 0.1) is 0 Å². The van der Waals surface area contributed by atoms with Crippen LogP contribution in [0.1, 0.15) is 41.8 Å². The second-order valence-corrected chi connectivity index (χ2v) is 8.49. The second kappa shape index (κ2) is 8.04. The number of nitrogens with zero attached hydrogens (tertiary/aromatic N) is 3. The van der Waals surface area contributed by atoms with E-state index in [2.05, 4.69) is 27.5 Å². The number of anilines is 1. The SMILES string of the molecule is COCc1nc2n(n1)C(c1ccc3c(c1)OCCO3)C1=C(CC(c3ccccc3)CC1=O)N2. The third-order valence-corrected chi connectivity index (χ3v) is 6.39. The average molecular weight is 444 g/mol. The number of fused-ring (bicyclic) bond motifs is 2. The molecule has 168 valence electrons. The Kier molecular flexibility index (Phi) is 4.87. The molecule has 33 heavy (non-hydrogen) atoms. The second-order valence-electron chi connectivity index (χ2n) is 8.49. The fourth-order valence-corrected chi connectivity index (χ4v) is 4.95. The first kappa shape index (κ1) is 20.0. The molecule has 0 saturated carbocycles. The quantitative estimate of drug-likeness (QED) is 0.658. The number of hydrogen-bond donors (Lipinski definition) is 1. The van der Waals surface area contributed by atoms with Crippen LogP contribution in [-0.4, -0.2) is 40.9 Å². The lowest BCUT2D eigenvalue weighted by molar-refractivity contribution is -0.116. The number of carbonyl (C=O) groups is 1. The van der Waals surface area contributed by atoms with Crippen LogP contribution in [0.15, 0.2) is 59.8 Å².